The van der Waals surface area contributed by atoms with Crippen LogP contribution in [0.1, 0.15) is 37.7 Å². The van der Waals surface area contributed by atoms with Crippen LogP contribution in [0.15, 0.2) is 24.3 Å². The Kier molecular flexibility index (Phi) is 6.15. The van der Waals surface area contributed by atoms with Crippen LogP contribution in [-0.2, 0) is 4.79 Å². The Balaban J connectivity index is 2.01. The normalized spacial score (nSPS) is 10.2. The molecule has 3 nitrogen and oxygen atoms in total. The maximum Gasteiger partial charge on any atom is 0.303 e. The summed E-state index contributed by atoms with van der Waals surface area (Å²) < 4.78 is 5.57. The maximum absolute atomic E-state index is 10.3. The summed E-state index contributed by atoms with van der Waals surface area (Å²) in [6, 6.07) is 8.00. The van der Waals surface area contributed by atoms with Gasteiger partial charge < -0.3 is 9.84 Å². The molecule has 0 radical (unpaired) electrons. The number of rotatable bonds is 8. The molecule has 0 saturated heterocycles. The summed E-state index contributed by atoms with van der Waals surface area (Å²) in [6.45, 7) is 2.75. The molecule has 0 fully saturated rings. The van der Waals surface area contributed by atoms with Gasteiger partial charge in [0.15, 0.2) is 0 Å². The van der Waals surface area contributed by atoms with E-state index in [0.29, 0.717) is 6.61 Å². The molecular formula is C14H20O3. The third-order valence-electron chi connectivity index (χ3n) is 2.57. The van der Waals surface area contributed by atoms with Crippen LogP contribution >= 0.6 is 0 Å². The van der Waals surface area contributed by atoms with Crippen molar-refractivity contribution in [3.8, 4) is 5.75 Å². The third kappa shape index (κ3) is 6.61. The van der Waals surface area contributed by atoms with Crippen LogP contribution in [0, 0.1) is 6.92 Å². The molecule has 0 aliphatic heterocycles. The van der Waals surface area contributed by atoms with E-state index < -0.39 is 5.97 Å². The smallest absolute Gasteiger partial charge is 0.303 e. The quantitative estimate of drug-likeness (QED) is 0.703. The summed E-state index contributed by atoms with van der Waals surface area (Å²) in [5.74, 6) is 0.196. The fourth-order valence-electron chi connectivity index (χ4n) is 1.56. The van der Waals surface area contributed by atoms with E-state index in [9.17, 15) is 4.79 Å². The lowest BCUT2D eigenvalue weighted by molar-refractivity contribution is -0.137. The van der Waals surface area contributed by atoms with Crippen LogP contribution in [-0.4, -0.2) is 17.7 Å². The standard InChI is InChI=1S/C14H20O3/c1-12-7-9-13(10-8-12)17-11-5-3-2-4-6-14(15)16/h7-10H,2-6,11H2,1H3,(H,15,16). The lowest BCUT2D eigenvalue weighted by atomic mass is 10.1. The van der Waals surface area contributed by atoms with E-state index in [1.165, 1.54) is 5.56 Å². The van der Waals surface area contributed by atoms with Crippen molar-refractivity contribution in [1.29, 1.82) is 0 Å². The number of hydrogen-bond acceptors (Lipinski definition) is 2. The molecule has 17 heavy (non-hydrogen) atoms. The number of hydrogen-bond donors (Lipinski definition) is 1. The van der Waals surface area contributed by atoms with Gasteiger partial charge in [-0.3, -0.25) is 4.79 Å². The molecule has 0 saturated carbocycles. The number of aryl methyl sites for hydroxylation is 1. The van der Waals surface area contributed by atoms with Crippen LogP contribution in [0.3, 0.4) is 0 Å². The highest BCUT2D eigenvalue weighted by Gasteiger charge is 1.97. The van der Waals surface area contributed by atoms with Gasteiger partial charge in [-0.25, -0.2) is 0 Å². The predicted molar refractivity (Wildman–Crippen MR) is 67.4 cm³/mol. The first-order chi connectivity index (χ1) is 8.18. The number of carbonyl (C=O) groups is 1. The molecule has 0 aliphatic carbocycles. The Morgan fingerprint density at radius 3 is 2.41 bits per heavy atom. The molecule has 3 heteroatoms. The fraction of sp³-hybridized carbons (Fsp3) is 0.500. The summed E-state index contributed by atoms with van der Waals surface area (Å²) in [7, 11) is 0. The van der Waals surface area contributed by atoms with Crippen molar-refractivity contribution in [1.82, 2.24) is 0 Å². The monoisotopic (exact) mass is 236 g/mol. The molecule has 1 rings (SSSR count). The lowest BCUT2D eigenvalue weighted by Gasteiger charge is -2.06. The molecule has 1 aromatic carbocycles. The number of carboxylic acids is 1. The van der Waals surface area contributed by atoms with Gasteiger partial charge in [-0.1, -0.05) is 30.5 Å². The third-order valence-corrected chi connectivity index (χ3v) is 2.57. The van der Waals surface area contributed by atoms with E-state index >= 15 is 0 Å². The van der Waals surface area contributed by atoms with Crippen molar-refractivity contribution in [2.75, 3.05) is 6.61 Å². The van der Waals surface area contributed by atoms with Crippen LogP contribution < -0.4 is 4.74 Å². The minimum atomic E-state index is -0.707. The SMILES string of the molecule is Cc1ccc(OCCCCCCC(=O)O)cc1. The molecular weight excluding hydrogens is 216 g/mol. The van der Waals surface area contributed by atoms with Crippen molar-refractivity contribution >= 4 is 5.97 Å². The Morgan fingerprint density at radius 1 is 1.12 bits per heavy atom. The first-order valence-electron chi connectivity index (χ1n) is 6.10. The van der Waals surface area contributed by atoms with Crippen LogP contribution in [0.2, 0.25) is 0 Å². The van der Waals surface area contributed by atoms with Crippen LogP contribution in [0.4, 0.5) is 0 Å². The molecule has 0 spiro atoms. The summed E-state index contributed by atoms with van der Waals surface area (Å²) in [6.07, 6.45) is 4.01. The first kappa shape index (κ1) is 13.6. The summed E-state index contributed by atoms with van der Waals surface area (Å²) in [5, 5.41) is 8.46. The van der Waals surface area contributed by atoms with Crippen molar-refractivity contribution in [3.05, 3.63) is 29.8 Å². The zero-order valence-corrected chi connectivity index (χ0v) is 10.3. The second-order valence-electron chi connectivity index (χ2n) is 4.22. The van der Waals surface area contributed by atoms with Crippen molar-refractivity contribution in [2.45, 2.75) is 39.0 Å². The maximum atomic E-state index is 10.3. The lowest BCUT2D eigenvalue weighted by Crippen LogP contribution is -1.98. The number of ether oxygens (including phenoxy) is 1. The molecule has 0 aromatic heterocycles. The molecule has 0 heterocycles. The number of carboxylic acid groups (broad SMARTS) is 1. The average molecular weight is 236 g/mol. The minimum absolute atomic E-state index is 0.277. The Labute approximate surface area is 102 Å². The molecule has 94 valence electrons. The van der Waals surface area contributed by atoms with E-state index in [4.69, 9.17) is 9.84 Å². The molecule has 1 aromatic rings. The largest absolute Gasteiger partial charge is 0.494 e. The predicted octanol–water partition coefficient (Wildman–Crippen LogP) is 3.41. The van der Waals surface area contributed by atoms with Gasteiger partial charge in [-0.05, 0) is 31.9 Å². The summed E-state index contributed by atoms with van der Waals surface area (Å²) >= 11 is 0. The van der Waals surface area contributed by atoms with Gasteiger partial charge in [0.25, 0.3) is 0 Å². The van der Waals surface area contributed by atoms with E-state index in [2.05, 4.69) is 0 Å². The van der Waals surface area contributed by atoms with Gasteiger partial charge in [-0.15, -0.1) is 0 Å². The second kappa shape index (κ2) is 7.71. The highest BCUT2D eigenvalue weighted by molar-refractivity contribution is 5.66. The number of unbranched alkanes of at least 4 members (excludes halogenated alkanes) is 3. The Morgan fingerprint density at radius 2 is 1.76 bits per heavy atom. The minimum Gasteiger partial charge on any atom is -0.494 e. The van der Waals surface area contributed by atoms with Crippen molar-refractivity contribution < 1.29 is 14.6 Å². The van der Waals surface area contributed by atoms with E-state index in [-0.39, 0.29) is 6.42 Å². The molecule has 1 N–H and O–H groups in total. The molecule has 0 aliphatic rings. The van der Waals surface area contributed by atoms with Gasteiger partial charge in [0.1, 0.15) is 5.75 Å². The molecule has 0 unspecified atom stereocenters. The molecule has 0 bridgehead atoms. The highest BCUT2D eigenvalue weighted by Crippen LogP contribution is 2.12. The average Bonchev–Trinajstić information content (AvgIpc) is 2.30. The van der Waals surface area contributed by atoms with Crippen molar-refractivity contribution in [2.24, 2.45) is 0 Å². The van der Waals surface area contributed by atoms with Gasteiger partial charge in [-0.2, -0.15) is 0 Å². The molecule has 0 atom stereocenters. The van der Waals surface area contributed by atoms with Crippen LogP contribution in [0.5, 0.6) is 5.75 Å². The van der Waals surface area contributed by atoms with Gasteiger partial charge in [0.05, 0.1) is 6.61 Å². The van der Waals surface area contributed by atoms with E-state index in [0.717, 1.165) is 31.4 Å². The number of aliphatic carboxylic acids is 1. The van der Waals surface area contributed by atoms with Gasteiger partial charge >= 0.3 is 5.97 Å². The first-order valence-corrected chi connectivity index (χ1v) is 6.10. The fourth-order valence-corrected chi connectivity index (χ4v) is 1.56. The van der Waals surface area contributed by atoms with Crippen LogP contribution in [0.25, 0.3) is 0 Å². The Bertz CT molecular complexity index is 330. The summed E-state index contributed by atoms with van der Waals surface area (Å²) in [4.78, 5) is 10.3. The van der Waals surface area contributed by atoms with Crippen molar-refractivity contribution in [3.63, 3.8) is 0 Å². The van der Waals surface area contributed by atoms with Gasteiger partial charge in [0, 0.05) is 6.42 Å². The van der Waals surface area contributed by atoms with E-state index in [1.807, 2.05) is 31.2 Å². The van der Waals surface area contributed by atoms with E-state index in [1.54, 1.807) is 0 Å². The Hall–Kier alpha value is -1.51. The highest BCUT2D eigenvalue weighted by atomic mass is 16.5. The zero-order chi connectivity index (χ0) is 12.5. The second-order valence-corrected chi connectivity index (χ2v) is 4.22. The zero-order valence-electron chi connectivity index (χ0n) is 10.3. The van der Waals surface area contributed by atoms with Gasteiger partial charge in [0.2, 0.25) is 0 Å². The number of benzene rings is 1. The summed E-state index contributed by atoms with van der Waals surface area (Å²) in [5.41, 5.74) is 1.23. The molecule has 0 amide bonds. The topological polar surface area (TPSA) is 46.5 Å².